The van der Waals surface area contributed by atoms with Gasteiger partial charge in [-0.1, -0.05) is 267 Å². The number of hydrogen-bond donors (Lipinski definition) is 0. The molecular formula is C74H51N. The van der Waals surface area contributed by atoms with E-state index in [0.717, 1.165) is 39.3 Å². The van der Waals surface area contributed by atoms with Crippen molar-refractivity contribution in [1.82, 2.24) is 0 Å². The van der Waals surface area contributed by atoms with E-state index in [0.29, 0.717) is 0 Å². The maximum absolute atomic E-state index is 2.43. The lowest BCUT2D eigenvalue weighted by Gasteiger charge is -2.29. The first kappa shape index (κ1) is 45.1. The normalized spacial score (nSPS) is 11.2. The summed E-state index contributed by atoms with van der Waals surface area (Å²) < 4.78 is 0. The molecule has 13 rings (SSSR count). The molecule has 0 aliphatic rings. The molecule has 0 atom stereocenters. The van der Waals surface area contributed by atoms with Crippen LogP contribution in [0.4, 0.5) is 17.1 Å². The molecule has 0 radical (unpaired) electrons. The van der Waals surface area contributed by atoms with Gasteiger partial charge in [0.05, 0.1) is 5.69 Å². The van der Waals surface area contributed by atoms with Gasteiger partial charge in [-0.25, -0.2) is 0 Å². The molecule has 1 heteroatoms. The van der Waals surface area contributed by atoms with Crippen LogP contribution in [-0.4, -0.2) is 0 Å². The van der Waals surface area contributed by atoms with E-state index in [4.69, 9.17) is 0 Å². The summed E-state index contributed by atoms with van der Waals surface area (Å²) in [5.74, 6) is 0. The van der Waals surface area contributed by atoms with Crippen molar-refractivity contribution >= 4 is 38.6 Å². The van der Waals surface area contributed by atoms with Crippen LogP contribution in [0, 0.1) is 0 Å². The molecule has 13 aromatic carbocycles. The Morgan fingerprint density at radius 2 is 0.547 bits per heavy atom. The third-order valence-corrected chi connectivity index (χ3v) is 14.7. The second-order valence-electron chi connectivity index (χ2n) is 19.1. The first-order valence-corrected chi connectivity index (χ1v) is 25.8. The van der Waals surface area contributed by atoms with Crippen molar-refractivity contribution < 1.29 is 0 Å². The van der Waals surface area contributed by atoms with Gasteiger partial charge in [0.1, 0.15) is 0 Å². The van der Waals surface area contributed by atoms with Crippen LogP contribution in [0.25, 0.3) is 111 Å². The first-order valence-electron chi connectivity index (χ1n) is 25.8. The molecule has 0 N–H and O–H groups in total. The van der Waals surface area contributed by atoms with E-state index in [2.05, 4.69) is 314 Å². The minimum Gasteiger partial charge on any atom is -0.310 e. The second kappa shape index (κ2) is 20.0. The Labute approximate surface area is 439 Å². The number of benzene rings is 13. The van der Waals surface area contributed by atoms with Gasteiger partial charge in [0.15, 0.2) is 0 Å². The lowest BCUT2D eigenvalue weighted by atomic mass is 9.83. The summed E-state index contributed by atoms with van der Waals surface area (Å²) in [6, 6.07) is 113. The van der Waals surface area contributed by atoms with Gasteiger partial charge in [0, 0.05) is 16.9 Å². The van der Waals surface area contributed by atoms with Gasteiger partial charge in [0.2, 0.25) is 0 Å². The predicted octanol–water partition coefficient (Wildman–Crippen LogP) is 20.8. The van der Waals surface area contributed by atoms with E-state index in [-0.39, 0.29) is 0 Å². The predicted molar refractivity (Wildman–Crippen MR) is 320 cm³/mol. The summed E-state index contributed by atoms with van der Waals surface area (Å²) in [6.45, 7) is 0. The fraction of sp³-hybridized carbons (Fsp3) is 0. The highest BCUT2D eigenvalue weighted by Gasteiger charge is 2.22. The summed E-state index contributed by atoms with van der Waals surface area (Å²) in [4.78, 5) is 2.43. The van der Waals surface area contributed by atoms with Crippen molar-refractivity contribution in [3.05, 3.63) is 309 Å². The largest absolute Gasteiger partial charge is 0.310 e. The van der Waals surface area contributed by atoms with Crippen LogP contribution >= 0.6 is 0 Å². The van der Waals surface area contributed by atoms with E-state index in [1.807, 2.05) is 0 Å². The van der Waals surface area contributed by atoms with E-state index >= 15 is 0 Å². The number of fused-ring (bicyclic) bond motifs is 3. The van der Waals surface area contributed by atoms with E-state index in [1.54, 1.807) is 0 Å². The average molecular weight is 954 g/mol. The summed E-state index contributed by atoms with van der Waals surface area (Å²) in [7, 11) is 0. The fourth-order valence-corrected chi connectivity index (χ4v) is 11.1. The van der Waals surface area contributed by atoms with Crippen molar-refractivity contribution in [2.24, 2.45) is 0 Å². The molecule has 0 saturated heterocycles. The molecule has 1 nitrogen and oxygen atoms in total. The molecular weight excluding hydrogens is 903 g/mol. The first-order chi connectivity index (χ1) is 37.2. The summed E-state index contributed by atoms with van der Waals surface area (Å²) in [5, 5.41) is 4.97. The Kier molecular flexibility index (Phi) is 12.0. The molecule has 75 heavy (non-hydrogen) atoms. The minimum atomic E-state index is 1.07. The molecule has 352 valence electrons. The van der Waals surface area contributed by atoms with Crippen molar-refractivity contribution in [1.29, 1.82) is 0 Å². The standard InChI is InChI=1S/C74H51N/c1-7-22-52(23-8-1)61-43-49-71(70(51-61)56-28-13-4-14-29-56)75(62-44-38-53(39-45-62)60-42-48-64(54-24-9-2-10-25-54)69(50-60)55-26-11-3-12-27-55)63-46-40-57(41-47-63)65-36-21-37-68-73(59-32-17-6-18-33-59)72(58-30-15-5-16-31-58)66-34-19-20-35-67(66)74(65)68/h1-51H. The van der Waals surface area contributed by atoms with Crippen molar-refractivity contribution in [3.63, 3.8) is 0 Å². The van der Waals surface area contributed by atoms with Crippen LogP contribution in [-0.2, 0) is 0 Å². The molecule has 0 bridgehead atoms. The minimum absolute atomic E-state index is 1.07. The Hall–Kier alpha value is -9.82. The zero-order valence-corrected chi connectivity index (χ0v) is 41.4. The van der Waals surface area contributed by atoms with Gasteiger partial charge in [-0.3, -0.25) is 0 Å². The van der Waals surface area contributed by atoms with Crippen LogP contribution in [0.5, 0.6) is 0 Å². The van der Waals surface area contributed by atoms with Gasteiger partial charge >= 0.3 is 0 Å². The Morgan fingerprint density at radius 1 is 0.187 bits per heavy atom. The van der Waals surface area contributed by atoms with Crippen molar-refractivity contribution in [3.8, 4) is 89.0 Å². The molecule has 0 saturated carbocycles. The Bertz CT molecular complexity index is 4100. The van der Waals surface area contributed by atoms with Crippen LogP contribution in [0.3, 0.4) is 0 Å². The van der Waals surface area contributed by atoms with Crippen LogP contribution in [0.2, 0.25) is 0 Å². The van der Waals surface area contributed by atoms with Crippen LogP contribution in [0.15, 0.2) is 309 Å². The van der Waals surface area contributed by atoms with Gasteiger partial charge < -0.3 is 4.90 Å². The fourth-order valence-electron chi connectivity index (χ4n) is 11.1. The smallest absolute Gasteiger partial charge is 0.0540 e. The average Bonchev–Trinajstić information content (AvgIpc) is 3.50. The Morgan fingerprint density at radius 3 is 1.09 bits per heavy atom. The van der Waals surface area contributed by atoms with Gasteiger partial charge in [-0.05, 0) is 147 Å². The highest BCUT2D eigenvalue weighted by molar-refractivity contribution is 6.25. The highest BCUT2D eigenvalue weighted by Crippen LogP contribution is 2.49. The quantitative estimate of drug-likeness (QED) is 0.117. The second-order valence-corrected chi connectivity index (χ2v) is 19.1. The molecule has 0 aromatic heterocycles. The molecule has 0 spiro atoms. The number of rotatable bonds is 11. The van der Waals surface area contributed by atoms with Gasteiger partial charge in [-0.15, -0.1) is 0 Å². The topological polar surface area (TPSA) is 3.24 Å². The third-order valence-electron chi connectivity index (χ3n) is 14.7. The van der Waals surface area contributed by atoms with Gasteiger partial charge in [0.25, 0.3) is 0 Å². The lowest BCUT2D eigenvalue weighted by Crippen LogP contribution is -2.11. The van der Waals surface area contributed by atoms with Crippen molar-refractivity contribution in [2.45, 2.75) is 0 Å². The number of hydrogen-bond acceptors (Lipinski definition) is 1. The zero-order chi connectivity index (χ0) is 49.9. The van der Waals surface area contributed by atoms with Gasteiger partial charge in [-0.2, -0.15) is 0 Å². The SMILES string of the molecule is c1ccc(-c2ccc(N(c3ccc(-c4ccc(-c5ccccc5)c(-c5ccccc5)c4)cc3)c3ccc(-c4cccc5c(-c6ccccc6)c(-c6ccccc6)c6ccccc6c45)cc3)c(-c3ccccc3)c2)cc1. The van der Waals surface area contributed by atoms with Crippen LogP contribution < -0.4 is 4.90 Å². The number of anilines is 3. The summed E-state index contributed by atoms with van der Waals surface area (Å²) in [6.07, 6.45) is 0. The number of nitrogens with zero attached hydrogens (tertiary/aromatic N) is 1. The van der Waals surface area contributed by atoms with E-state index in [1.165, 1.54) is 88.3 Å². The molecule has 0 amide bonds. The third kappa shape index (κ3) is 8.67. The molecule has 0 aliphatic carbocycles. The molecule has 0 fully saturated rings. The molecule has 13 aromatic rings. The molecule has 0 heterocycles. The summed E-state index contributed by atoms with van der Waals surface area (Å²) in [5.41, 5.74) is 22.3. The molecule has 0 unspecified atom stereocenters. The maximum atomic E-state index is 2.43. The van der Waals surface area contributed by atoms with E-state index in [9.17, 15) is 0 Å². The van der Waals surface area contributed by atoms with Crippen LogP contribution in [0.1, 0.15) is 0 Å². The van der Waals surface area contributed by atoms with Crippen molar-refractivity contribution in [2.75, 3.05) is 4.90 Å². The highest BCUT2D eigenvalue weighted by atomic mass is 15.1. The lowest BCUT2D eigenvalue weighted by molar-refractivity contribution is 1.28. The maximum Gasteiger partial charge on any atom is 0.0540 e. The monoisotopic (exact) mass is 953 g/mol. The summed E-state index contributed by atoms with van der Waals surface area (Å²) >= 11 is 0. The zero-order valence-electron chi connectivity index (χ0n) is 41.4. The Balaban J connectivity index is 0.971. The molecule has 0 aliphatic heterocycles. The van der Waals surface area contributed by atoms with E-state index < -0.39 is 0 Å².